The molecule has 354 valence electrons. The first kappa shape index (κ1) is 48.8. The largest absolute Gasteiger partial charge is 0.473 e. The maximum Gasteiger partial charge on any atom is 0.337 e. The lowest BCUT2D eigenvalue weighted by molar-refractivity contribution is 0.0600. The number of rotatable bonds is 16. The molecule has 11 nitrogen and oxygen atoms in total. The van der Waals surface area contributed by atoms with Crippen LogP contribution < -0.4 is 19.7 Å². The first-order valence-corrected chi connectivity index (χ1v) is 22.3. The fourth-order valence-electron chi connectivity index (χ4n) is 8.09. The van der Waals surface area contributed by atoms with Crippen LogP contribution >= 0.6 is 22.6 Å². The van der Waals surface area contributed by atoms with Crippen molar-refractivity contribution in [1.82, 2.24) is 9.97 Å². The van der Waals surface area contributed by atoms with Crippen LogP contribution in [-0.2, 0) is 35.5 Å². The second kappa shape index (κ2) is 20.9. The standard InChI is InChI=1S/C52H37F6IN6O5/c1-67-14-13-65-47-20-33(51(66)68-2)19-44(59)50(47)64-52(65,23-34-17-42(57)36(21-40(34)55)45-5-3-7-48(62-45)69-27-31-11-9-29(25-60)15-38(31)53)24-35-18-43(58)37(22-41(35)56)46-6-4-8-49(63-46)70-28-32-12-10-30(26-61)16-39(32)54/h3-12,15-22,64H,13-14,23-24,27-28H2,1-2H3. The lowest BCUT2D eigenvalue weighted by Crippen LogP contribution is -2.55. The van der Waals surface area contributed by atoms with E-state index in [1.165, 1.54) is 74.9 Å². The summed E-state index contributed by atoms with van der Waals surface area (Å²) in [5.41, 5.74) is -0.715. The van der Waals surface area contributed by atoms with Crippen LogP contribution in [0.4, 0.5) is 37.7 Å². The fraction of sp³-hybridized carbons (Fsp3) is 0.173. The number of methoxy groups -OCH3 is 2. The molecule has 0 saturated heterocycles. The molecule has 0 fully saturated rings. The van der Waals surface area contributed by atoms with Crippen LogP contribution in [0.1, 0.15) is 43.7 Å². The molecule has 7 aromatic rings. The Balaban J connectivity index is 1.13. The lowest BCUT2D eigenvalue weighted by Gasteiger charge is -2.41. The van der Waals surface area contributed by atoms with E-state index in [4.69, 9.17) is 29.5 Å². The summed E-state index contributed by atoms with van der Waals surface area (Å²) < 4.78 is 118. The quantitative estimate of drug-likeness (QED) is 0.0561. The molecule has 8 rings (SSSR count). The number of esters is 1. The van der Waals surface area contributed by atoms with Crippen molar-refractivity contribution in [3.63, 3.8) is 0 Å². The normalized spacial score (nSPS) is 12.4. The number of aromatic nitrogens is 2. The summed E-state index contributed by atoms with van der Waals surface area (Å²) in [6.45, 7) is -0.373. The van der Waals surface area contributed by atoms with Gasteiger partial charge in [-0.05, 0) is 107 Å². The number of nitrogens with zero attached hydrogens (tertiary/aromatic N) is 5. The number of anilines is 2. The van der Waals surface area contributed by atoms with Crippen LogP contribution in [0, 0.1) is 61.1 Å². The molecule has 1 aliphatic heterocycles. The zero-order valence-electron chi connectivity index (χ0n) is 37.1. The Kier molecular flexibility index (Phi) is 14.6. The number of hydrogen-bond donors (Lipinski definition) is 1. The average molecular weight is 1070 g/mol. The molecule has 1 N–H and O–H groups in total. The Labute approximate surface area is 411 Å². The van der Waals surface area contributed by atoms with Crippen molar-refractivity contribution in [3.8, 4) is 46.4 Å². The van der Waals surface area contributed by atoms with E-state index in [-0.39, 0.29) is 112 Å². The monoisotopic (exact) mass is 1070 g/mol. The maximum absolute atomic E-state index is 16.7. The van der Waals surface area contributed by atoms with Crippen molar-refractivity contribution >= 4 is 39.9 Å². The van der Waals surface area contributed by atoms with E-state index in [0.29, 0.717) is 14.9 Å². The van der Waals surface area contributed by atoms with Gasteiger partial charge in [-0.25, -0.2) is 41.1 Å². The van der Waals surface area contributed by atoms with Crippen molar-refractivity contribution in [2.45, 2.75) is 31.7 Å². The van der Waals surface area contributed by atoms with E-state index in [1.54, 1.807) is 17.0 Å². The summed E-state index contributed by atoms with van der Waals surface area (Å²) >= 11 is 2.01. The molecule has 18 heteroatoms. The van der Waals surface area contributed by atoms with Gasteiger partial charge in [0.2, 0.25) is 11.8 Å². The number of carbonyl (C=O) groups is 1. The predicted molar refractivity (Wildman–Crippen MR) is 254 cm³/mol. The Morgan fingerprint density at radius 1 is 0.657 bits per heavy atom. The predicted octanol–water partition coefficient (Wildman–Crippen LogP) is 11.0. The molecule has 0 bridgehead atoms. The Morgan fingerprint density at radius 2 is 1.16 bits per heavy atom. The number of pyridine rings is 2. The molecule has 0 atom stereocenters. The third-order valence-corrected chi connectivity index (χ3v) is 12.4. The highest BCUT2D eigenvalue weighted by Gasteiger charge is 2.46. The van der Waals surface area contributed by atoms with Gasteiger partial charge in [0.15, 0.2) is 0 Å². The number of benzene rings is 5. The second-order valence-corrected chi connectivity index (χ2v) is 17.1. The molecule has 3 heterocycles. The molecule has 70 heavy (non-hydrogen) atoms. The van der Waals surface area contributed by atoms with Crippen molar-refractivity contribution in [3.05, 3.63) is 187 Å². The fourth-order valence-corrected chi connectivity index (χ4v) is 8.83. The smallest absolute Gasteiger partial charge is 0.337 e. The number of carbonyl (C=O) groups excluding carboxylic acids is 1. The molecule has 0 saturated carbocycles. The van der Waals surface area contributed by atoms with Gasteiger partial charge >= 0.3 is 5.97 Å². The summed E-state index contributed by atoms with van der Waals surface area (Å²) in [6.07, 6.45) is -0.706. The van der Waals surface area contributed by atoms with E-state index in [9.17, 15) is 13.6 Å². The van der Waals surface area contributed by atoms with Crippen molar-refractivity contribution in [1.29, 1.82) is 10.5 Å². The summed E-state index contributed by atoms with van der Waals surface area (Å²) in [4.78, 5) is 23.3. The minimum absolute atomic E-state index is 0.00194. The molecule has 0 radical (unpaired) electrons. The van der Waals surface area contributed by atoms with E-state index in [2.05, 4.69) is 15.3 Å². The van der Waals surface area contributed by atoms with Crippen LogP contribution in [-0.4, -0.2) is 49.0 Å². The van der Waals surface area contributed by atoms with Gasteiger partial charge in [-0.15, -0.1) is 0 Å². The van der Waals surface area contributed by atoms with E-state index >= 15 is 17.6 Å². The molecule has 0 amide bonds. The number of nitrogens with one attached hydrogen (secondary N) is 1. The average Bonchev–Trinajstić information content (AvgIpc) is 3.66. The van der Waals surface area contributed by atoms with Gasteiger partial charge in [-0.3, -0.25) is 0 Å². The highest BCUT2D eigenvalue weighted by molar-refractivity contribution is 14.1. The van der Waals surface area contributed by atoms with E-state index in [0.717, 1.165) is 36.4 Å². The molecule has 0 spiro atoms. The zero-order chi connectivity index (χ0) is 49.7. The first-order chi connectivity index (χ1) is 33.7. The van der Waals surface area contributed by atoms with Crippen molar-refractivity contribution in [2.75, 3.05) is 37.6 Å². The number of fused-ring (bicyclic) bond motifs is 1. The number of ether oxygens (including phenoxy) is 4. The number of halogens is 7. The highest BCUT2D eigenvalue weighted by Crippen LogP contribution is 2.47. The van der Waals surface area contributed by atoms with Crippen LogP contribution in [0.15, 0.2) is 109 Å². The van der Waals surface area contributed by atoms with Gasteiger partial charge in [0, 0.05) is 64.5 Å². The molecule has 5 aromatic carbocycles. The summed E-state index contributed by atoms with van der Waals surface area (Å²) in [5, 5.41) is 21.5. The molecule has 0 aliphatic carbocycles. The van der Waals surface area contributed by atoms with Crippen LogP contribution in [0.2, 0.25) is 0 Å². The van der Waals surface area contributed by atoms with Crippen LogP contribution in [0.5, 0.6) is 11.8 Å². The SMILES string of the molecule is COCCN1c2cc(C(=O)OC)cc(I)c2NC1(Cc1cc(F)c(-c2cccc(OCc3ccc(C#N)cc3F)n2)cc1F)Cc1cc(F)c(-c2cccc(OCc3ccc(C#N)cc3F)n2)cc1F. The Hall–Kier alpha value is -7.68. The molecule has 1 aliphatic rings. The Morgan fingerprint density at radius 3 is 1.61 bits per heavy atom. The molecular formula is C52H37F6IN6O5. The summed E-state index contributed by atoms with van der Waals surface area (Å²) in [7, 11) is 2.69. The van der Waals surface area contributed by atoms with E-state index in [1.807, 2.05) is 34.7 Å². The van der Waals surface area contributed by atoms with Gasteiger partial charge in [-0.2, -0.15) is 10.5 Å². The molecule has 0 unspecified atom stereocenters. The first-order valence-electron chi connectivity index (χ1n) is 21.2. The number of nitriles is 2. The zero-order valence-corrected chi connectivity index (χ0v) is 39.2. The topological polar surface area (TPSA) is 143 Å². The Bertz CT molecular complexity index is 3090. The summed E-state index contributed by atoms with van der Waals surface area (Å²) in [5.74, 6) is -5.49. The van der Waals surface area contributed by atoms with Gasteiger partial charge in [-0.1, -0.05) is 24.3 Å². The van der Waals surface area contributed by atoms with Crippen LogP contribution in [0.25, 0.3) is 22.5 Å². The van der Waals surface area contributed by atoms with Crippen molar-refractivity contribution in [2.24, 2.45) is 0 Å². The third kappa shape index (κ3) is 10.3. The second-order valence-electron chi connectivity index (χ2n) is 16.0. The minimum atomic E-state index is -1.57. The maximum atomic E-state index is 16.7. The van der Waals surface area contributed by atoms with Gasteiger partial charge in [0.25, 0.3) is 0 Å². The number of hydrogen-bond acceptors (Lipinski definition) is 11. The van der Waals surface area contributed by atoms with Gasteiger partial charge in [0.1, 0.15) is 53.8 Å². The lowest BCUT2D eigenvalue weighted by atomic mass is 9.89. The third-order valence-electron chi connectivity index (χ3n) is 11.5. The highest BCUT2D eigenvalue weighted by atomic mass is 127. The van der Waals surface area contributed by atoms with Gasteiger partial charge < -0.3 is 29.2 Å². The van der Waals surface area contributed by atoms with Crippen molar-refractivity contribution < 1.29 is 50.1 Å². The summed E-state index contributed by atoms with van der Waals surface area (Å²) in [6, 6.07) is 27.4. The van der Waals surface area contributed by atoms with Gasteiger partial charge in [0.05, 0.1) is 65.3 Å². The molecular weight excluding hydrogens is 1030 g/mol. The molecule has 2 aromatic heterocycles. The minimum Gasteiger partial charge on any atom is -0.473 e. The van der Waals surface area contributed by atoms with E-state index < -0.39 is 46.5 Å². The van der Waals surface area contributed by atoms with Crippen LogP contribution in [0.3, 0.4) is 0 Å².